The molecule has 0 bridgehead atoms. The van der Waals surface area contributed by atoms with Crippen molar-refractivity contribution in [2.45, 2.75) is 52.0 Å². The van der Waals surface area contributed by atoms with Crippen molar-refractivity contribution in [3.63, 3.8) is 0 Å². The van der Waals surface area contributed by atoms with Crippen molar-refractivity contribution in [3.8, 4) is 0 Å². The third-order valence-electron chi connectivity index (χ3n) is 3.52. The predicted octanol–water partition coefficient (Wildman–Crippen LogP) is 2.85. The lowest BCUT2D eigenvalue weighted by atomic mass is 9.96. The fourth-order valence-corrected chi connectivity index (χ4v) is 2.51. The Labute approximate surface area is 131 Å². The molecule has 0 spiro atoms. The second kappa shape index (κ2) is 6.18. The van der Waals surface area contributed by atoms with Gasteiger partial charge in [0.05, 0.1) is 0 Å². The number of amides is 1. The van der Waals surface area contributed by atoms with Crippen LogP contribution in [0.5, 0.6) is 0 Å². The summed E-state index contributed by atoms with van der Waals surface area (Å²) in [4.78, 5) is 22.9. The molecule has 6 heteroatoms. The number of hydrogen-bond acceptors (Lipinski definition) is 4. The second-order valence-electron chi connectivity index (χ2n) is 6.55. The van der Waals surface area contributed by atoms with Gasteiger partial charge in [0, 0.05) is 24.6 Å². The Morgan fingerprint density at radius 1 is 1.33 bits per heavy atom. The summed E-state index contributed by atoms with van der Waals surface area (Å²) >= 11 is 6.06. The van der Waals surface area contributed by atoms with Gasteiger partial charge < -0.3 is 10.2 Å². The molecule has 21 heavy (non-hydrogen) atoms. The highest BCUT2D eigenvalue weighted by atomic mass is 35.5. The molecule has 0 saturated carbocycles. The number of nitrogens with one attached hydrogen (secondary N) is 1. The molecule has 0 aliphatic carbocycles. The highest BCUT2D eigenvalue weighted by molar-refractivity contribution is 6.29. The summed E-state index contributed by atoms with van der Waals surface area (Å²) in [6, 6.07) is 1.34. The number of carbonyl (C=O) groups is 1. The molecular weight excluding hydrogens is 288 g/mol. The molecule has 1 aliphatic heterocycles. The average Bonchev–Trinajstić information content (AvgIpc) is 2.89. The van der Waals surface area contributed by atoms with Crippen molar-refractivity contribution in [3.05, 3.63) is 17.0 Å². The minimum Gasteiger partial charge on any atom is -0.358 e. The molecule has 1 aromatic rings. The number of halogens is 1. The van der Waals surface area contributed by atoms with E-state index in [1.54, 1.807) is 6.07 Å². The maximum atomic E-state index is 12.3. The van der Waals surface area contributed by atoms with Gasteiger partial charge in [-0.05, 0) is 19.8 Å². The van der Waals surface area contributed by atoms with Crippen LogP contribution in [-0.4, -0.2) is 39.9 Å². The molecule has 0 radical (unpaired) electrons. The van der Waals surface area contributed by atoms with E-state index in [1.807, 2.05) is 32.6 Å². The van der Waals surface area contributed by atoms with E-state index in [4.69, 9.17) is 11.6 Å². The summed E-state index contributed by atoms with van der Waals surface area (Å²) in [5, 5.41) is 3.53. The number of carbonyl (C=O) groups excluding carboxylic acids is 1. The summed E-state index contributed by atoms with van der Waals surface area (Å²) in [5.74, 6) is 1.37. The van der Waals surface area contributed by atoms with Gasteiger partial charge in [-0.1, -0.05) is 32.4 Å². The smallest absolute Gasteiger partial charge is 0.244 e. The highest BCUT2D eigenvalue weighted by Gasteiger charge is 2.24. The molecule has 1 fully saturated rings. The van der Waals surface area contributed by atoms with E-state index in [2.05, 4.69) is 15.3 Å². The number of anilines is 1. The van der Waals surface area contributed by atoms with Gasteiger partial charge in [0.25, 0.3) is 0 Å². The maximum absolute atomic E-state index is 12.3. The fourth-order valence-electron chi connectivity index (χ4n) is 2.32. The maximum Gasteiger partial charge on any atom is 0.244 e. The third kappa shape index (κ3) is 4.06. The van der Waals surface area contributed by atoms with Crippen LogP contribution in [0.15, 0.2) is 6.07 Å². The van der Waals surface area contributed by atoms with Crippen LogP contribution in [0, 0.1) is 0 Å². The molecule has 116 valence electrons. The lowest BCUT2D eigenvalue weighted by Gasteiger charge is -2.23. The van der Waals surface area contributed by atoms with Crippen molar-refractivity contribution in [2.75, 3.05) is 18.4 Å². The molecule has 0 aromatic carbocycles. The molecule has 5 nitrogen and oxygen atoms in total. The topological polar surface area (TPSA) is 58.1 Å². The summed E-state index contributed by atoms with van der Waals surface area (Å²) in [6.45, 7) is 9.64. The van der Waals surface area contributed by atoms with Crippen molar-refractivity contribution in [2.24, 2.45) is 0 Å². The van der Waals surface area contributed by atoms with Crippen LogP contribution in [0.4, 0.5) is 5.82 Å². The highest BCUT2D eigenvalue weighted by Crippen LogP contribution is 2.22. The zero-order chi connectivity index (χ0) is 15.6. The Balaban J connectivity index is 2.11. The quantitative estimate of drug-likeness (QED) is 0.872. The van der Waals surface area contributed by atoms with E-state index < -0.39 is 0 Å². The van der Waals surface area contributed by atoms with Gasteiger partial charge >= 0.3 is 0 Å². The van der Waals surface area contributed by atoms with Gasteiger partial charge in [-0.3, -0.25) is 4.79 Å². The number of rotatable bonds is 3. The van der Waals surface area contributed by atoms with Gasteiger partial charge in [0.2, 0.25) is 5.91 Å². The third-order valence-corrected chi connectivity index (χ3v) is 3.71. The Bertz CT molecular complexity index is 521. The molecule has 1 aliphatic rings. The molecule has 2 rings (SSSR count). The summed E-state index contributed by atoms with van der Waals surface area (Å²) in [5.41, 5.74) is -0.191. The summed E-state index contributed by atoms with van der Waals surface area (Å²) < 4.78 is 0. The Hall–Kier alpha value is -1.36. The summed E-state index contributed by atoms with van der Waals surface area (Å²) in [6.07, 6.45) is 2.18. The van der Waals surface area contributed by atoms with Crippen LogP contribution in [0.3, 0.4) is 0 Å². The van der Waals surface area contributed by atoms with Gasteiger partial charge in [-0.25, -0.2) is 9.97 Å². The SMILES string of the molecule is CC(Nc1cc(Cl)nc(C(C)(C)C)n1)C(=O)N1CCCC1. The largest absolute Gasteiger partial charge is 0.358 e. The van der Waals surface area contributed by atoms with E-state index in [1.165, 1.54) is 0 Å². The van der Waals surface area contributed by atoms with Gasteiger partial charge in [-0.15, -0.1) is 0 Å². The van der Waals surface area contributed by atoms with E-state index in [9.17, 15) is 4.79 Å². The fraction of sp³-hybridized carbons (Fsp3) is 0.667. The lowest BCUT2D eigenvalue weighted by molar-refractivity contribution is -0.130. The van der Waals surface area contributed by atoms with Crippen molar-refractivity contribution < 1.29 is 4.79 Å². The molecule has 1 amide bonds. The molecule has 1 aromatic heterocycles. The van der Waals surface area contributed by atoms with Crippen LogP contribution in [0.25, 0.3) is 0 Å². The monoisotopic (exact) mass is 310 g/mol. The zero-order valence-electron chi connectivity index (χ0n) is 13.1. The normalized spacial score (nSPS) is 16.9. The van der Waals surface area contributed by atoms with Crippen molar-refractivity contribution in [1.82, 2.24) is 14.9 Å². The van der Waals surface area contributed by atoms with Crippen LogP contribution in [-0.2, 0) is 10.2 Å². The Morgan fingerprint density at radius 3 is 2.52 bits per heavy atom. The first-order valence-corrected chi connectivity index (χ1v) is 7.75. The van der Waals surface area contributed by atoms with Crippen molar-refractivity contribution >= 4 is 23.3 Å². The molecule has 1 unspecified atom stereocenters. The number of likely N-dealkylation sites (tertiary alicyclic amines) is 1. The first-order valence-electron chi connectivity index (χ1n) is 7.38. The van der Waals surface area contributed by atoms with E-state index in [-0.39, 0.29) is 17.4 Å². The van der Waals surface area contributed by atoms with Gasteiger partial charge in [0.15, 0.2) is 0 Å². The molecular formula is C15H23ClN4O. The number of aromatic nitrogens is 2. The number of hydrogen-bond donors (Lipinski definition) is 1. The van der Waals surface area contributed by atoms with Crippen LogP contribution >= 0.6 is 11.6 Å². The average molecular weight is 311 g/mol. The lowest BCUT2D eigenvalue weighted by Crippen LogP contribution is -2.39. The van der Waals surface area contributed by atoms with Gasteiger partial charge in [-0.2, -0.15) is 0 Å². The number of nitrogens with zero attached hydrogens (tertiary/aromatic N) is 3. The standard InChI is InChI=1S/C15H23ClN4O/c1-10(13(21)20-7-5-6-8-20)17-12-9-11(16)18-14(19-12)15(2,3)4/h9-10H,5-8H2,1-4H3,(H,17,18,19). The predicted molar refractivity (Wildman–Crippen MR) is 84.6 cm³/mol. The second-order valence-corrected chi connectivity index (χ2v) is 6.94. The minimum atomic E-state index is -0.318. The van der Waals surface area contributed by atoms with Gasteiger partial charge in [0.1, 0.15) is 22.8 Å². The Morgan fingerprint density at radius 2 is 1.95 bits per heavy atom. The van der Waals surface area contributed by atoms with Crippen LogP contribution < -0.4 is 5.32 Å². The van der Waals surface area contributed by atoms with E-state index in [0.717, 1.165) is 25.9 Å². The molecule has 2 heterocycles. The van der Waals surface area contributed by atoms with Crippen molar-refractivity contribution in [1.29, 1.82) is 0 Å². The Kier molecular flexibility index (Phi) is 4.71. The van der Waals surface area contributed by atoms with Crippen LogP contribution in [0.2, 0.25) is 5.15 Å². The van der Waals surface area contributed by atoms with E-state index in [0.29, 0.717) is 16.8 Å². The first-order chi connectivity index (χ1) is 9.77. The van der Waals surface area contributed by atoms with Crippen LogP contribution in [0.1, 0.15) is 46.4 Å². The molecule has 1 atom stereocenters. The minimum absolute atomic E-state index is 0.111. The zero-order valence-corrected chi connectivity index (χ0v) is 13.9. The summed E-state index contributed by atoms with van der Waals surface area (Å²) in [7, 11) is 0. The molecule has 1 saturated heterocycles. The molecule has 1 N–H and O–H groups in total. The first kappa shape index (κ1) is 16.0. The van der Waals surface area contributed by atoms with E-state index >= 15 is 0 Å².